The zero-order valence-corrected chi connectivity index (χ0v) is 17.0. The second-order valence-electron chi connectivity index (χ2n) is 6.25. The minimum absolute atomic E-state index is 0.0211. The molecule has 1 saturated heterocycles. The first-order valence-corrected chi connectivity index (χ1v) is 10.4. The van der Waals surface area contributed by atoms with Gasteiger partial charge in [-0.1, -0.05) is 13.8 Å². The lowest BCUT2D eigenvalue weighted by atomic mass is 10.3. The number of aryl methyl sites for hydroxylation is 1. The Morgan fingerprint density at radius 3 is 2.41 bits per heavy atom. The van der Waals surface area contributed by atoms with E-state index in [1.54, 1.807) is 25.8 Å². The van der Waals surface area contributed by atoms with Crippen LogP contribution in [0.4, 0.5) is 0 Å². The number of aromatic nitrogens is 1. The Hall–Kier alpha value is -1.91. The Labute approximate surface area is 159 Å². The molecular weight excluding hydrogens is 374 g/mol. The number of esters is 1. The van der Waals surface area contributed by atoms with Crippen molar-refractivity contribution in [2.45, 2.75) is 31.8 Å². The third-order valence-electron chi connectivity index (χ3n) is 4.49. The van der Waals surface area contributed by atoms with Crippen molar-refractivity contribution in [2.24, 2.45) is 7.05 Å². The third-order valence-corrected chi connectivity index (χ3v) is 6.50. The first-order chi connectivity index (χ1) is 12.7. The summed E-state index contributed by atoms with van der Waals surface area (Å²) < 4.78 is 38.4. The van der Waals surface area contributed by atoms with Crippen molar-refractivity contribution in [3.05, 3.63) is 18.0 Å². The van der Waals surface area contributed by atoms with Gasteiger partial charge in [0.05, 0.1) is 13.2 Å². The van der Waals surface area contributed by atoms with Gasteiger partial charge in [0.1, 0.15) is 10.6 Å². The minimum Gasteiger partial charge on any atom is -0.448 e. The number of carbonyl (C=O) groups excluding carboxylic acids is 2. The lowest BCUT2D eigenvalue weighted by Crippen LogP contribution is -2.46. The fourth-order valence-electron chi connectivity index (χ4n) is 2.90. The number of amides is 1. The van der Waals surface area contributed by atoms with Crippen LogP contribution in [0, 0.1) is 0 Å². The minimum atomic E-state index is -3.68. The van der Waals surface area contributed by atoms with Gasteiger partial charge in [-0.2, -0.15) is 4.31 Å². The van der Waals surface area contributed by atoms with Crippen LogP contribution >= 0.6 is 0 Å². The Kier molecular flexibility index (Phi) is 7.01. The largest absolute Gasteiger partial charge is 0.448 e. The van der Waals surface area contributed by atoms with Crippen molar-refractivity contribution in [2.75, 3.05) is 39.4 Å². The van der Waals surface area contributed by atoms with Crippen molar-refractivity contribution in [3.8, 4) is 0 Å². The van der Waals surface area contributed by atoms with Gasteiger partial charge in [0.25, 0.3) is 5.91 Å². The molecule has 1 unspecified atom stereocenters. The molecule has 9 nitrogen and oxygen atoms in total. The molecule has 0 aromatic carbocycles. The lowest BCUT2D eigenvalue weighted by Gasteiger charge is -2.28. The van der Waals surface area contributed by atoms with Gasteiger partial charge in [0.2, 0.25) is 10.0 Å². The number of morpholine rings is 1. The lowest BCUT2D eigenvalue weighted by molar-refractivity contribution is -0.143. The van der Waals surface area contributed by atoms with Gasteiger partial charge in [-0.15, -0.1) is 0 Å². The predicted molar refractivity (Wildman–Crippen MR) is 97.8 cm³/mol. The first-order valence-electron chi connectivity index (χ1n) is 8.96. The summed E-state index contributed by atoms with van der Waals surface area (Å²) in [5, 5.41) is 0. The number of rotatable bonds is 7. The second-order valence-corrected chi connectivity index (χ2v) is 8.18. The van der Waals surface area contributed by atoms with Crippen LogP contribution in [-0.4, -0.2) is 79.6 Å². The maximum Gasteiger partial charge on any atom is 0.355 e. The summed E-state index contributed by atoms with van der Waals surface area (Å²) in [5.41, 5.74) is 0.0716. The standard InChI is InChI=1S/C17H27N3O6S/c1-5-20(6-2)27(23,24)14-11-15(18(4)12-14)17(22)26-13(3)16(21)19-7-9-25-10-8-19/h11-13H,5-10H2,1-4H3. The SMILES string of the molecule is CCN(CC)S(=O)(=O)c1cc(C(=O)OC(C)C(=O)N2CCOCC2)n(C)c1. The molecule has 0 radical (unpaired) electrons. The van der Waals surface area contributed by atoms with Gasteiger partial charge in [0, 0.05) is 39.4 Å². The molecule has 0 bridgehead atoms. The molecule has 2 heterocycles. The highest BCUT2D eigenvalue weighted by molar-refractivity contribution is 7.89. The average molecular weight is 401 g/mol. The first kappa shape index (κ1) is 21.4. The quantitative estimate of drug-likeness (QED) is 0.616. The highest BCUT2D eigenvalue weighted by Gasteiger charge is 2.29. The van der Waals surface area contributed by atoms with Crippen molar-refractivity contribution in [1.29, 1.82) is 0 Å². The van der Waals surface area contributed by atoms with Crippen LogP contribution in [0.3, 0.4) is 0 Å². The summed E-state index contributed by atoms with van der Waals surface area (Å²) in [7, 11) is -2.12. The van der Waals surface area contributed by atoms with E-state index in [4.69, 9.17) is 9.47 Å². The predicted octanol–water partition coefficient (Wildman–Crippen LogP) is 0.460. The number of hydrogen-bond acceptors (Lipinski definition) is 6. The van der Waals surface area contributed by atoms with Crippen molar-refractivity contribution < 1.29 is 27.5 Å². The van der Waals surface area contributed by atoms with Crippen LogP contribution in [0.25, 0.3) is 0 Å². The van der Waals surface area contributed by atoms with Crippen LogP contribution in [0.15, 0.2) is 17.2 Å². The number of ether oxygens (including phenoxy) is 2. The molecule has 0 aliphatic carbocycles. The van der Waals surface area contributed by atoms with E-state index < -0.39 is 22.1 Å². The maximum absolute atomic E-state index is 12.6. The monoisotopic (exact) mass is 401 g/mol. The summed E-state index contributed by atoms with van der Waals surface area (Å²) in [6, 6.07) is 1.28. The molecule has 27 heavy (non-hydrogen) atoms. The van der Waals surface area contributed by atoms with E-state index in [0.29, 0.717) is 39.4 Å². The molecular formula is C17H27N3O6S. The molecule has 1 aromatic rings. The van der Waals surface area contributed by atoms with E-state index in [2.05, 4.69) is 0 Å². The van der Waals surface area contributed by atoms with E-state index in [9.17, 15) is 18.0 Å². The number of nitrogens with zero attached hydrogens (tertiary/aromatic N) is 3. The van der Waals surface area contributed by atoms with Gasteiger partial charge in [0.15, 0.2) is 6.10 Å². The van der Waals surface area contributed by atoms with E-state index in [-0.39, 0.29) is 16.5 Å². The number of carbonyl (C=O) groups is 2. The third kappa shape index (κ3) is 4.69. The molecule has 1 aromatic heterocycles. The summed E-state index contributed by atoms with van der Waals surface area (Å²) in [4.78, 5) is 26.4. The maximum atomic E-state index is 12.6. The Morgan fingerprint density at radius 2 is 1.85 bits per heavy atom. The van der Waals surface area contributed by atoms with E-state index >= 15 is 0 Å². The van der Waals surface area contributed by atoms with Gasteiger partial charge < -0.3 is 18.9 Å². The molecule has 1 atom stereocenters. The molecule has 1 fully saturated rings. The highest BCUT2D eigenvalue weighted by Crippen LogP contribution is 2.19. The van der Waals surface area contributed by atoms with Gasteiger partial charge in [-0.05, 0) is 13.0 Å². The fraction of sp³-hybridized carbons (Fsp3) is 0.647. The van der Waals surface area contributed by atoms with Crippen molar-refractivity contribution in [1.82, 2.24) is 13.8 Å². The average Bonchev–Trinajstić information content (AvgIpc) is 3.05. The molecule has 1 aliphatic heterocycles. The van der Waals surface area contributed by atoms with E-state index in [0.717, 1.165) is 0 Å². The molecule has 0 spiro atoms. The van der Waals surface area contributed by atoms with Crippen LogP contribution in [0.5, 0.6) is 0 Å². The molecule has 1 aliphatic rings. The Balaban J connectivity index is 2.13. The molecule has 2 rings (SSSR count). The molecule has 10 heteroatoms. The second kappa shape index (κ2) is 8.85. The topological polar surface area (TPSA) is 98.2 Å². The summed E-state index contributed by atoms with van der Waals surface area (Å²) >= 11 is 0. The number of sulfonamides is 1. The smallest absolute Gasteiger partial charge is 0.355 e. The van der Waals surface area contributed by atoms with E-state index in [1.807, 2.05) is 0 Å². The molecule has 0 N–H and O–H groups in total. The highest BCUT2D eigenvalue weighted by atomic mass is 32.2. The van der Waals surface area contributed by atoms with E-state index in [1.165, 1.54) is 28.1 Å². The van der Waals surface area contributed by atoms with Crippen LogP contribution in [-0.2, 0) is 31.3 Å². The zero-order chi connectivity index (χ0) is 20.2. The van der Waals surface area contributed by atoms with Crippen molar-refractivity contribution >= 4 is 21.9 Å². The summed E-state index contributed by atoms with van der Waals surface area (Å²) in [5.74, 6) is -1.04. The molecule has 0 saturated carbocycles. The fourth-order valence-corrected chi connectivity index (χ4v) is 4.43. The van der Waals surface area contributed by atoms with Crippen LogP contribution in [0.1, 0.15) is 31.3 Å². The van der Waals surface area contributed by atoms with Gasteiger partial charge >= 0.3 is 5.97 Å². The summed E-state index contributed by atoms with van der Waals surface area (Å²) in [6.45, 7) is 7.49. The normalized spacial score (nSPS) is 16.4. The van der Waals surface area contributed by atoms with Gasteiger partial charge in [-0.25, -0.2) is 13.2 Å². The van der Waals surface area contributed by atoms with Crippen molar-refractivity contribution in [3.63, 3.8) is 0 Å². The summed E-state index contributed by atoms with van der Waals surface area (Å²) in [6.07, 6.45) is 0.409. The molecule has 1 amide bonds. The van der Waals surface area contributed by atoms with Crippen LogP contribution in [0.2, 0.25) is 0 Å². The Bertz CT molecular complexity index is 779. The Morgan fingerprint density at radius 1 is 1.26 bits per heavy atom. The van der Waals surface area contributed by atoms with Crippen LogP contribution < -0.4 is 0 Å². The molecule has 152 valence electrons. The zero-order valence-electron chi connectivity index (χ0n) is 16.2. The number of hydrogen-bond donors (Lipinski definition) is 0. The van der Waals surface area contributed by atoms with Gasteiger partial charge in [-0.3, -0.25) is 4.79 Å².